The van der Waals surface area contributed by atoms with Gasteiger partial charge in [-0.2, -0.15) is 0 Å². The van der Waals surface area contributed by atoms with Gasteiger partial charge in [-0.1, -0.05) is 48.5 Å². The molecule has 32 heavy (non-hydrogen) atoms. The van der Waals surface area contributed by atoms with E-state index < -0.39 is 35.2 Å². The number of hydrogen-bond acceptors (Lipinski definition) is 5. The Bertz CT molecular complexity index is 918. The molecule has 0 aliphatic carbocycles. The number of aryl methyl sites for hydroxylation is 1. The van der Waals surface area contributed by atoms with Gasteiger partial charge in [0.25, 0.3) is 0 Å². The van der Waals surface area contributed by atoms with Gasteiger partial charge in [-0.05, 0) is 50.8 Å². The van der Waals surface area contributed by atoms with E-state index >= 15 is 0 Å². The molecule has 9 heteroatoms. The SMILES string of the molecule is CC(C)(C)[S@+]([O-])NC(CCC(=O)O)P(=O)(O)CCc1ccccc1OCc1ccccc1. The lowest BCUT2D eigenvalue weighted by atomic mass is 10.1. The maximum atomic E-state index is 13.2. The van der Waals surface area contributed by atoms with Crippen molar-refractivity contribution in [3.05, 3.63) is 65.7 Å². The molecule has 0 fully saturated rings. The van der Waals surface area contributed by atoms with Crippen molar-refractivity contribution in [1.82, 2.24) is 4.72 Å². The van der Waals surface area contributed by atoms with Crippen molar-refractivity contribution in [2.24, 2.45) is 0 Å². The first-order chi connectivity index (χ1) is 15.0. The number of hydrogen-bond donors (Lipinski definition) is 3. The molecule has 0 saturated carbocycles. The summed E-state index contributed by atoms with van der Waals surface area (Å²) in [4.78, 5) is 21.8. The first-order valence-corrected chi connectivity index (χ1v) is 13.5. The van der Waals surface area contributed by atoms with E-state index in [1.807, 2.05) is 54.6 Å². The normalized spacial score (nSPS) is 15.5. The molecule has 0 aliphatic heterocycles. The molecule has 0 bridgehead atoms. The van der Waals surface area contributed by atoms with Crippen LogP contribution in [0.15, 0.2) is 54.6 Å². The Morgan fingerprint density at radius 2 is 1.78 bits per heavy atom. The Morgan fingerprint density at radius 3 is 2.41 bits per heavy atom. The smallest absolute Gasteiger partial charge is 0.303 e. The fourth-order valence-corrected chi connectivity index (χ4v) is 6.00. The Labute approximate surface area is 193 Å². The summed E-state index contributed by atoms with van der Waals surface area (Å²) in [7, 11) is -3.87. The van der Waals surface area contributed by atoms with Crippen molar-refractivity contribution in [3.8, 4) is 5.75 Å². The highest BCUT2D eigenvalue weighted by molar-refractivity contribution is 7.91. The molecule has 2 aromatic carbocycles. The van der Waals surface area contributed by atoms with Crippen molar-refractivity contribution in [2.75, 3.05) is 6.16 Å². The van der Waals surface area contributed by atoms with Crippen molar-refractivity contribution in [3.63, 3.8) is 0 Å². The van der Waals surface area contributed by atoms with E-state index in [1.54, 1.807) is 20.8 Å². The van der Waals surface area contributed by atoms with E-state index in [4.69, 9.17) is 9.84 Å². The number of ether oxygens (including phenoxy) is 1. The fourth-order valence-electron chi connectivity index (χ4n) is 2.93. The summed E-state index contributed by atoms with van der Waals surface area (Å²) in [5.74, 6) is -1.52. The Morgan fingerprint density at radius 1 is 1.16 bits per heavy atom. The zero-order valence-corrected chi connectivity index (χ0v) is 20.4. The van der Waals surface area contributed by atoms with Gasteiger partial charge >= 0.3 is 5.97 Å². The minimum absolute atomic E-state index is 0.0860. The van der Waals surface area contributed by atoms with Crippen molar-refractivity contribution in [2.45, 2.75) is 57.2 Å². The lowest BCUT2D eigenvalue weighted by molar-refractivity contribution is -0.137. The largest absolute Gasteiger partial charge is 0.598 e. The van der Waals surface area contributed by atoms with Gasteiger partial charge in [-0.15, -0.1) is 4.72 Å². The molecule has 0 amide bonds. The third-order valence-electron chi connectivity index (χ3n) is 4.83. The summed E-state index contributed by atoms with van der Waals surface area (Å²) in [6.07, 6.45) is -0.194. The average Bonchev–Trinajstić information content (AvgIpc) is 2.74. The zero-order chi connectivity index (χ0) is 23.8. The molecule has 2 unspecified atom stereocenters. The highest BCUT2D eigenvalue weighted by Crippen LogP contribution is 2.48. The maximum Gasteiger partial charge on any atom is 0.303 e. The number of carboxylic acid groups (broad SMARTS) is 1. The third kappa shape index (κ3) is 8.60. The summed E-state index contributed by atoms with van der Waals surface area (Å²) in [5, 5.41) is 9.03. The highest BCUT2D eigenvalue weighted by Gasteiger charge is 2.38. The molecule has 176 valence electrons. The molecular formula is C23H32NO6PS. The molecule has 2 rings (SSSR count). The lowest BCUT2D eigenvalue weighted by Crippen LogP contribution is -2.45. The summed E-state index contributed by atoms with van der Waals surface area (Å²) >= 11 is -1.61. The second-order valence-electron chi connectivity index (χ2n) is 8.56. The van der Waals surface area contributed by atoms with Crippen LogP contribution in [0.1, 0.15) is 44.7 Å². The summed E-state index contributed by atoms with van der Waals surface area (Å²) < 4.78 is 33.7. The molecule has 7 nitrogen and oxygen atoms in total. The van der Waals surface area contributed by atoms with Crippen LogP contribution in [-0.4, -0.2) is 37.2 Å². The van der Waals surface area contributed by atoms with Gasteiger partial charge in [0.05, 0.1) is 0 Å². The van der Waals surface area contributed by atoms with Gasteiger partial charge in [0, 0.05) is 23.9 Å². The zero-order valence-electron chi connectivity index (χ0n) is 18.7. The number of aliphatic carboxylic acids is 1. The molecular weight excluding hydrogens is 449 g/mol. The number of rotatable bonds is 12. The van der Waals surface area contributed by atoms with Crippen molar-refractivity contribution < 1.29 is 28.6 Å². The number of carboxylic acids is 1. The minimum atomic E-state index is -3.87. The van der Waals surface area contributed by atoms with E-state index in [0.29, 0.717) is 12.4 Å². The quantitative estimate of drug-likeness (QED) is 0.305. The van der Waals surface area contributed by atoms with Crippen LogP contribution in [0, 0.1) is 0 Å². The van der Waals surface area contributed by atoms with E-state index in [-0.39, 0.29) is 25.4 Å². The van der Waals surface area contributed by atoms with E-state index in [0.717, 1.165) is 11.1 Å². The van der Waals surface area contributed by atoms with Crippen LogP contribution in [0.25, 0.3) is 0 Å². The number of benzene rings is 2. The van der Waals surface area contributed by atoms with Crippen LogP contribution in [0.3, 0.4) is 0 Å². The van der Waals surface area contributed by atoms with Gasteiger partial charge in [-0.3, -0.25) is 9.36 Å². The average molecular weight is 482 g/mol. The predicted molar refractivity (Wildman–Crippen MR) is 127 cm³/mol. The first kappa shape index (κ1) is 26.4. The van der Waals surface area contributed by atoms with Crippen LogP contribution >= 0.6 is 7.37 Å². The molecule has 3 atom stereocenters. The van der Waals surface area contributed by atoms with Gasteiger partial charge in [-0.25, -0.2) is 0 Å². The van der Waals surface area contributed by atoms with Gasteiger partial charge in [0.1, 0.15) is 22.9 Å². The second-order valence-corrected chi connectivity index (χ2v) is 13.1. The van der Waals surface area contributed by atoms with Gasteiger partial charge in [0.2, 0.25) is 7.37 Å². The molecule has 0 spiro atoms. The van der Waals surface area contributed by atoms with Crippen LogP contribution < -0.4 is 9.46 Å². The molecule has 0 saturated heterocycles. The first-order valence-electron chi connectivity index (χ1n) is 10.4. The molecule has 0 heterocycles. The lowest BCUT2D eigenvalue weighted by Gasteiger charge is -2.30. The van der Waals surface area contributed by atoms with Crippen LogP contribution in [0.5, 0.6) is 5.75 Å². The van der Waals surface area contributed by atoms with Crippen LogP contribution in [-0.2, 0) is 33.7 Å². The predicted octanol–water partition coefficient (Wildman–Crippen LogP) is 4.32. The van der Waals surface area contributed by atoms with Crippen LogP contribution in [0.2, 0.25) is 0 Å². The number of nitrogens with one attached hydrogen (secondary N) is 1. The monoisotopic (exact) mass is 481 g/mol. The minimum Gasteiger partial charge on any atom is -0.598 e. The van der Waals surface area contributed by atoms with Crippen molar-refractivity contribution in [1.29, 1.82) is 0 Å². The van der Waals surface area contributed by atoms with E-state index in [2.05, 4.69) is 4.72 Å². The van der Waals surface area contributed by atoms with Gasteiger partial charge < -0.3 is 19.3 Å². The fraction of sp³-hybridized carbons (Fsp3) is 0.435. The van der Waals surface area contributed by atoms with Crippen LogP contribution in [0.4, 0.5) is 0 Å². The molecule has 0 radical (unpaired) electrons. The Balaban J connectivity index is 2.09. The molecule has 2 aromatic rings. The maximum absolute atomic E-state index is 13.2. The third-order valence-corrected chi connectivity index (χ3v) is 8.84. The molecule has 3 N–H and O–H groups in total. The van der Waals surface area contributed by atoms with Gasteiger partial charge in [0.15, 0.2) is 0 Å². The standard InChI is InChI=1S/C23H32NO6PS/c1-23(2,3)32(29)24-21(13-14-22(25)26)31(27,28)16-15-19-11-7-8-12-20(19)30-17-18-9-5-4-6-10-18/h4-12,21,24H,13-17H2,1-3H3,(H,25,26)(H,27,28)/t21?,32-/m0/s1. The summed E-state index contributed by atoms with van der Waals surface area (Å²) in [6.45, 7) is 5.61. The summed E-state index contributed by atoms with van der Waals surface area (Å²) in [5.41, 5.74) is 1.80. The van der Waals surface area contributed by atoms with E-state index in [1.165, 1.54) is 0 Å². The number of carbonyl (C=O) groups is 1. The van der Waals surface area contributed by atoms with E-state index in [9.17, 15) is 18.8 Å². The molecule has 0 aromatic heterocycles. The Kier molecular flexibility index (Phi) is 9.80. The topological polar surface area (TPSA) is 119 Å². The number of para-hydroxylation sites is 1. The highest BCUT2D eigenvalue weighted by atomic mass is 32.2. The Hall–Kier alpha value is -1.83. The summed E-state index contributed by atoms with van der Waals surface area (Å²) in [6, 6.07) is 17.0. The van der Waals surface area contributed by atoms with Crippen molar-refractivity contribution >= 4 is 24.7 Å². The molecule has 0 aliphatic rings. The second kappa shape index (κ2) is 11.9.